The van der Waals surface area contributed by atoms with Crippen molar-refractivity contribution in [1.82, 2.24) is 9.55 Å². The third kappa shape index (κ3) is 4.24. The summed E-state index contributed by atoms with van der Waals surface area (Å²) in [5.74, 6) is -0.479. The second-order valence-electron chi connectivity index (χ2n) is 5.45. The number of imidazole rings is 1. The second-order valence-corrected chi connectivity index (χ2v) is 6.70. The molecule has 0 spiro atoms. The Hall–Kier alpha value is -1.81. The lowest BCUT2D eigenvalue weighted by Gasteiger charge is -2.16. The Kier molecular flexibility index (Phi) is 5.19. The zero-order chi connectivity index (χ0) is 18.0. The number of fused-ring (bicyclic) bond motifs is 1. The average molecular weight is 462 g/mol. The molecule has 2 aromatic carbocycles. The van der Waals surface area contributed by atoms with E-state index in [0.717, 1.165) is 8.14 Å². The van der Waals surface area contributed by atoms with Gasteiger partial charge in [-0.1, -0.05) is 12.1 Å². The summed E-state index contributed by atoms with van der Waals surface area (Å²) in [5, 5.41) is 10.1. The summed E-state index contributed by atoms with van der Waals surface area (Å²) in [7, 11) is 0. The molecule has 0 aliphatic heterocycles. The van der Waals surface area contributed by atoms with Crippen LogP contribution < -0.4 is 4.74 Å². The molecule has 0 unspecified atom stereocenters. The SMILES string of the molecule is O[C@H](COc1ccc(I)cc1)Cn1c(C(F)(F)F)nc2ccccc21. The summed E-state index contributed by atoms with van der Waals surface area (Å²) < 4.78 is 47.1. The van der Waals surface area contributed by atoms with Crippen LogP contribution in [0.15, 0.2) is 48.5 Å². The summed E-state index contributed by atoms with van der Waals surface area (Å²) in [5.41, 5.74) is 0.559. The van der Waals surface area contributed by atoms with Gasteiger partial charge in [0.2, 0.25) is 5.82 Å². The molecular formula is C17H14F3IN2O2. The van der Waals surface area contributed by atoms with Gasteiger partial charge in [-0.25, -0.2) is 4.98 Å². The lowest BCUT2D eigenvalue weighted by Crippen LogP contribution is -2.26. The van der Waals surface area contributed by atoms with Gasteiger partial charge in [0.05, 0.1) is 17.6 Å². The number of hydrogen-bond donors (Lipinski definition) is 1. The largest absolute Gasteiger partial charge is 0.491 e. The quantitative estimate of drug-likeness (QED) is 0.582. The first-order valence-corrected chi connectivity index (χ1v) is 8.51. The van der Waals surface area contributed by atoms with E-state index in [1.54, 1.807) is 30.3 Å². The maximum Gasteiger partial charge on any atom is 0.449 e. The highest BCUT2D eigenvalue weighted by Gasteiger charge is 2.37. The number of alkyl halides is 3. The molecule has 0 saturated heterocycles. The topological polar surface area (TPSA) is 47.3 Å². The van der Waals surface area contributed by atoms with E-state index in [2.05, 4.69) is 27.6 Å². The number of ether oxygens (including phenoxy) is 1. The van der Waals surface area contributed by atoms with Gasteiger partial charge in [-0.15, -0.1) is 0 Å². The number of nitrogens with zero attached hydrogens (tertiary/aromatic N) is 2. The number of aliphatic hydroxyl groups excluding tert-OH is 1. The van der Waals surface area contributed by atoms with Crippen LogP contribution in [-0.2, 0) is 12.7 Å². The van der Waals surface area contributed by atoms with Crippen molar-refractivity contribution in [2.75, 3.05) is 6.61 Å². The van der Waals surface area contributed by atoms with Crippen LogP contribution in [0.25, 0.3) is 11.0 Å². The van der Waals surface area contributed by atoms with E-state index in [9.17, 15) is 18.3 Å². The Balaban J connectivity index is 1.78. The maximum absolute atomic E-state index is 13.2. The summed E-state index contributed by atoms with van der Waals surface area (Å²) in [6.07, 6.45) is -5.71. The van der Waals surface area contributed by atoms with E-state index in [-0.39, 0.29) is 18.7 Å². The molecule has 3 rings (SSSR count). The number of aliphatic hydroxyl groups is 1. The molecule has 0 saturated carbocycles. The Bertz CT molecular complexity index is 862. The average Bonchev–Trinajstić information content (AvgIpc) is 2.93. The Morgan fingerprint density at radius 1 is 1.12 bits per heavy atom. The molecule has 132 valence electrons. The first-order chi connectivity index (χ1) is 11.8. The van der Waals surface area contributed by atoms with E-state index in [4.69, 9.17) is 4.74 Å². The van der Waals surface area contributed by atoms with Crippen molar-refractivity contribution in [3.63, 3.8) is 0 Å². The number of benzene rings is 2. The minimum absolute atomic E-state index is 0.121. The lowest BCUT2D eigenvalue weighted by molar-refractivity contribution is -0.147. The molecule has 0 bridgehead atoms. The van der Waals surface area contributed by atoms with Crippen LogP contribution in [-0.4, -0.2) is 27.4 Å². The van der Waals surface area contributed by atoms with E-state index in [1.807, 2.05) is 12.1 Å². The molecule has 0 aliphatic rings. The molecule has 1 atom stereocenters. The van der Waals surface area contributed by atoms with Crippen molar-refractivity contribution in [3.05, 3.63) is 57.9 Å². The van der Waals surface area contributed by atoms with Crippen LogP contribution in [0.2, 0.25) is 0 Å². The number of hydrogen-bond acceptors (Lipinski definition) is 3. The highest BCUT2D eigenvalue weighted by molar-refractivity contribution is 14.1. The molecule has 0 aliphatic carbocycles. The second kappa shape index (κ2) is 7.20. The van der Waals surface area contributed by atoms with Gasteiger partial charge in [0, 0.05) is 3.57 Å². The van der Waals surface area contributed by atoms with Crippen molar-refractivity contribution >= 4 is 33.6 Å². The molecule has 0 amide bonds. The van der Waals surface area contributed by atoms with Gasteiger partial charge in [0.25, 0.3) is 0 Å². The monoisotopic (exact) mass is 462 g/mol. The summed E-state index contributed by atoms with van der Waals surface area (Å²) in [6.45, 7) is -0.385. The minimum atomic E-state index is -4.60. The van der Waals surface area contributed by atoms with Crippen LogP contribution >= 0.6 is 22.6 Å². The highest BCUT2D eigenvalue weighted by atomic mass is 127. The number of para-hydroxylation sites is 2. The van der Waals surface area contributed by atoms with Crippen LogP contribution in [0, 0.1) is 3.57 Å². The van der Waals surface area contributed by atoms with Gasteiger partial charge in [0.1, 0.15) is 18.5 Å². The van der Waals surface area contributed by atoms with Crippen molar-refractivity contribution in [3.8, 4) is 5.75 Å². The molecule has 0 fully saturated rings. The standard InChI is InChI=1S/C17H14F3IN2O2/c18-17(19,20)16-22-14-3-1-2-4-15(14)23(16)9-12(24)10-25-13-7-5-11(21)6-8-13/h1-8,12,24H,9-10H2/t12-/m0/s1. The van der Waals surface area contributed by atoms with Gasteiger partial charge in [-0.3, -0.25) is 0 Å². The van der Waals surface area contributed by atoms with Crippen LogP contribution in [0.5, 0.6) is 5.75 Å². The molecule has 1 N–H and O–H groups in total. The fourth-order valence-corrected chi connectivity index (χ4v) is 2.82. The molecule has 0 radical (unpaired) electrons. The van der Waals surface area contributed by atoms with Gasteiger partial charge in [-0.05, 0) is 59.0 Å². The minimum Gasteiger partial charge on any atom is -0.491 e. The van der Waals surface area contributed by atoms with Crippen molar-refractivity contribution in [1.29, 1.82) is 0 Å². The summed E-state index contributed by atoms with van der Waals surface area (Å²) >= 11 is 2.15. The Morgan fingerprint density at radius 2 is 1.80 bits per heavy atom. The van der Waals surface area contributed by atoms with Crippen molar-refractivity contribution in [2.45, 2.75) is 18.8 Å². The highest BCUT2D eigenvalue weighted by Crippen LogP contribution is 2.31. The van der Waals surface area contributed by atoms with Gasteiger partial charge >= 0.3 is 6.18 Å². The molecule has 8 heteroatoms. The van der Waals surface area contributed by atoms with E-state index < -0.39 is 18.1 Å². The first kappa shape index (κ1) is 18.0. The fourth-order valence-electron chi connectivity index (χ4n) is 2.46. The Labute approximate surface area is 155 Å². The summed E-state index contributed by atoms with van der Waals surface area (Å²) in [4.78, 5) is 3.65. The molecule has 1 aromatic heterocycles. The zero-order valence-corrected chi connectivity index (χ0v) is 15.0. The normalized spacial score (nSPS) is 13.2. The van der Waals surface area contributed by atoms with E-state index in [0.29, 0.717) is 11.3 Å². The predicted octanol–water partition coefficient (Wildman–Crippen LogP) is 4.10. The van der Waals surface area contributed by atoms with Gasteiger partial charge in [-0.2, -0.15) is 13.2 Å². The lowest BCUT2D eigenvalue weighted by atomic mass is 10.3. The van der Waals surface area contributed by atoms with Gasteiger partial charge in [0.15, 0.2) is 0 Å². The zero-order valence-electron chi connectivity index (χ0n) is 12.9. The van der Waals surface area contributed by atoms with Crippen molar-refractivity contribution < 1.29 is 23.0 Å². The molecular weight excluding hydrogens is 448 g/mol. The number of rotatable bonds is 5. The van der Waals surface area contributed by atoms with Crippen LogP contribution in [0.1, 0.15) is 5.82 Å². The molecule has 3 aromatic rings. The predicted molar refractivity (Wildman–Crippen MR) is 95.4 cm³/mol. The molecule has 25 heavy (non-hydrogen) atoms. The van der Waals surface area contributed by atoms with Gasteiger partial charge < -0.3 is 14.4 Å². The fraction of sp³-hybridized carbons (Fsp3) is 0.235. The van der Waals surface area contributed by atoms with E-state index in [1.165, 1.54) is 6.07 Å². The molecule has 4 nitrogen and oxygen atoms in total. The number of aromatic nitrogens is 2. The third-order valence-electron chi connectivity index (χ3n) is 3.56. The third-order valence-corrected chi connectivity index (χ3v) is 4.28. The molecule has 1 heterocycles. The van der Waals surface area contributed by atoms with E-state index >= 15 is 0 Å². The van der Waals surface area contributed by atoms with Crippen molar-refractivity contribution in [2.24, 2.45) is 0 Å². The van der Waals surface area contributed by atoms with Crippen LogP contribution in [0.3, 0.4) is 0 Å². The first-order valence-electron chi connectivity index (χ1n) is 7.43. The Morgan fingerprint density at radius 3 is 2.48 bits per heavy atom. The van der Waals surface area contributed by atoms with Crippen LogP contribution in [0.4, 0.5) is 13.2 Å². The smallest absolute Gasteiger partial charge is 0.449 e. The number of halogens is 4. The summed E-state index contributed by atoms with van der Waals surface area (Å²) in [6, 6.07) is 13.5. The maximum atomic E-state index is 13.2.